The normalized spacial score (nSPS) is 25.7. The maximum absolute atomic E-state index is 11.6. The lowest BCUT2D eigenvalue weighted by atomic mass is 9.75. The summed E-state index contributed by atoms with van der Waals surface area (Å²) in [5.41, 5.74) is -0.747. The van der Waals surface area contributed by atoms with E-state index in [-0.39, 0.29) is 5.69 Å². The van der Waals surface area contributed by atoms with Crippen molar-refractivity contribution < 1.29 is 9.90 Å². The highest BCUT2D eigenvalue weighted by Crippen LogP contribution is 2.36. The topological polar surface area (TPSA) is 98.9 Å². The van der Waals surface area contributed by atoms with Gasteiger partial charge in [0.05, 0.1) is 12.4 Å². The maximum Gasteiger partial charge on any atom is 0.329 e. The predicted octanol–water partition coefficient (Wildman–Crippen LogP) is 2.18. The summed E-state index contributed by atoms with van der Waals surface area (Å²) in [4.78, 5) is 19.6. The van der Waals surface area contributed by atoms with Crippen LogP contribution in [0.4, 0.5) is 5.82 Å². The molecular formula is C14H18N4O2. The van der Waals surface area contributed by atoms with Crippen molar-refractivity contribution in [2.45, 2.75) is 44.6 Å². The van der Waals surface area contributed by atoms with Crippen LogP contribution in [0.2, 0.25) is 0 Å². The average molecular weight is 274 g/mol. The third-order valence-electron chi connectivity index (χ3n) is 4.08. The molecule has 1 aromatic heterocycles. The van der Waals surface area contributed by atoms with Crippen molar-refractivity contribution in [2.24, 2.45) is 5.92 Å². The molecule has 0 saturated heterocycles. The summed E-state index contributed by atoms with van der Waals surface area (Å²) in [7, 11) is 0. The summed E-state index contributed by atoms with van der Waals surface area (Å²) in [5, 5.41) is 21.2. The number of anilines is 1. The van der Waals surface area contributed by atoms with E-state index >= 15 is 0 Å². The van der Waals surface area contributed by atoms with E-state index in [0.717, 1.165) is 19.3 Å². The van der Waals surface area contributed by atoms with Gasteiger partial charge < -0.3 is 10.4 Å². The van der Waals surface area contributed by atoms with Crippen LogP contribution in [0.5, 0.6) is 0 Å². The molecular weight excluding hydrogens is 256 g/mol. The number of hydrogen-bond acceptors (Lipinski definition) is 5. The van der Waals surface area contributed by atoms with Gasteiger partial charge in [0.2, 0.25) is 0 Å². The number of aromatic nitrogens is 2. The van der Waals surface area contributed by atoms with Gasteiger partial charge in [0.15, 0.2) is 5.69 Å². The highest BCUT2D eigenvalue weighted by atomic mass is 16.4. The van der Waals surface area contributed by atoms with Gasteiger partial charge in [-0.05, 0) is 31.6 Å². The van der Waals surface area contributed by atoms with Crippen LogP contribution in [0.1, 0.15) is 44.7 Å². The smallest absolute Gasteiger partial charge is 0.329 e. The van der Waals surface area contributed by atoms with E-state index in [1.54, 1.807) is 0 Å². The lowest BCUT2D eigenvalue weighted by Gasteiger charge is -2.37. The second kappa shape index (κ2) is 5.87. The van der Waals surface area contributed by atoms with E-state index in [9.17, 15) is 9.90 Å². The molecule has 0 amide bonds. The fourth-order valence-electron chi connectivity index (χ4n) is 2.67. The summed E-state index contributed by atoms with van der Waals surface area (Å²) in [6.07, 6.45) is 6.82. The van der Waals surface area contributed by atoms with Crippen LogP contribution in [0, 0.1) is 17.2 Å². The molecule has 1 aliphatic rings. The van der Waals surface area contributed by atoms with Crippen molar-refractivity contribution >= 4 is 11.8 Å². The minimum Gasteiger partial charge on any atom is -0.480 e. The molecule has 0 bridgehead atoms. The first-order valence-electron chi connectivity index (χ1n) is 6.83. The highest BCUT2D eigenvalue weighted by molar-refractivity contribution is 5.82. The number of nitrogens with zero attached hydrogens (tertiary/aromatic N) is 3. The monoisotopic (exact) mass is 274 g/mol. The van der Waals surface area contributed by atoms with E-state index in [0.29, 0.717) is 24.6 Å². The number of nitriles is 1. The number of rotatable bonds is 4. The van der Waals surface area contributed by atoms with E-state index in [4.69, 9.17) is 5.26 Å². The van der Waals surface area contributed by atoms with Crippen molar-refractivity contribution in [3.63, 3.8) is 0 Å². The van der Waals surface area contributed by atoms with Crippen LogP contribution in [0.3, 0.4) is 0 Å². The zero-order chi connectivity index (χ0) is 14.6. The van der Waals surface area contributed by atoms with Gasteiger partial charge in [-0.3, -0.25) is 0 Å². The molecule has 1 aromatic rings. The van der Waals surface area contributed by atoms with Gasteiger partial charge in [0.25, 0.3) is 0 Å². The molecule has 1 heterocycles. The molecule has 6 heteroatoms. The average Bonchev–Trinajstić information content (AvgIpc) is 2.48. The lowest BCUT2D eigenvalue weighted by molar-refractivity contribution is -0.143. The molecule has 1 aliphatic carbocycles. The fraction of sp³-hybridized carbons (Fsp3) is 0.571. The number of aliphatic carboxylic acids is 1. The summed E-state index contributed by atoms with van der Waals surface area (Å²) >= 11 is 0. The Morgan fingerprint density at radius 1 is 1.50 bits per heavy atom. The zero-order valence-corrected chi connectivity index (χ0v) is 11.5. The van der Waals surface area contributed by atoms with Gasteiger partial charge >= 0.3 is 5.97 Å². The Bertz CT molecular complexity index is 513. The number of hydrogen-bond donors (Lipinski definition) is 2. The van der Waals surface area contributed by atoms with E-state index in [2.05, 4.69) is 22.2 Å². The van der Waals surface area contributed by atoms with Crippen molar-refractivity contribution in [3.8, 4) is 6.07 Å². The lowest BCUT2D eigenvalue weighted by Crippen LogP contribution is -2.49. The molecule has 1 saturated carbocycles. The number of carbonyl (C=O) groups is 1. The Labute approximate surface area is 117 Å². The van der Waals surface area contributed by atoms with Crippen LogP contribution in [-0.2, 0) is 4.79 Å². The van der Waals surface area contributed by atoms with Gasteiger partial charge in [-0.25, -0.2) is 14.8 Å². The van der Waals surface area contributed by atoms with E-state index in [1.165, 1.54) is 12.4 Å². The Hall–Kier alpha value is -2.16. The van der Waals surface area contributed by atoms with Crippen LogP contribution < -0.4 is 5.32 Å². The van der Waals surface area contributed by atoms with Gasteiger partial charge in [-0.1, -0.05) is 13.3 Å². The van der Waals surface area contributed by atoms with Crippen molar-refractivity contribution in [1.29, 1.82) is 5.26 Å². The third kappa shape index (κ3) is 2.87. The molecule has 0 unspecified atom stereocenters. The van der Waals surface area contributed by atoms with Crippen LogP contribution >= 0.6 is 0 Å². The number of nitrogens with one attached hydrogen (secondary N) is 1. The molecule has 106 valence electrons. The number of carboxylic acid groups (broad SMARTS) is 1. The first-order chi connectivity index (χ1) is 9.59. The SMILES string of the molecule is CCC1CCC(Nc2cnc(C#N)cn2)(C(=O)O)CC1. The quantitative estimate of drug-likeness (QED) is 0.873. The molecule has 2 N–H and O–H groups in total. The molecule has 6 nitrogen and oxygen atoms in total. The summed E-state index contributed by atoms with van der Waals surface area (Å²) < 4.78 is 0. The second-order valence-corrected chi connectivity index (χ2v) is 5.26. The van der Waals surface area contributed by atoms with Gasteiger partial charge in [0.1, 0.15) is 17.4 Å². The van der Waals surface area contributed by atoms with E-state index in [1.807, 2.05) is 6.07 Å². The Kier molecular flexibility index (Phi) is 4.18. The van der Waals surface area contributed by atoms with Crippen molar-refractivity contribution in [3.05, 3.63) is 18.1 Å². The fourth-order valence-corrected chi connectivity index (χ4v) is 2.67. The van der Waals surface area contributed by atoms with E-state index < -0.39 is 11.5 Å². The molecule has 0 spiro atoms. The minimum atomic E-state index is -0.964. The van der Waals surface area contributed by atoms with Crippen molar-refractivity contribution in [2.75, 3.05) is 5.32 Å². The predicted molar refractivity (Wildman–Crippen MR) is 73.0 cm³/mol. The van der Waals surface area contributed by atoms with Crippen LogP contribution in [0.25, 0.3) is 0 Å². The maximum atomic E-state index is 11.6. The largest absolute Gasteiger partial charge is 0.480 e. The second-order valence-electron chi connectivity index (χ2n) is 5.26. The molecule has 0 atom stereocenters. The minimum absolute atomic E-state index is 0.217. The molecule has 20 heavy (non-hydrogen) atoms. The Morgan fingerprint density at radius 2 is 2.20 bits per heavy atom. The summed E-state index contributed by atoms with van der Waals surface area (Å²) in [6.45, 7) is 2.14. The first-order valence-corrected chi connectivity index (χ1v) is 6.83. The molecule has 2 rings (SSSR count). The highest BCUT2D eigenvalue weighted by Gasteiger charge is 2.42. The number of carboxylic acids is 1. The first kappa shape index (κ1) is 14.3. The van der Waals surface area contributed by atoms with Gasteiger partial charge in [-0.15, -0.1) is 0 Å². The summed E-state index contributed by atoms with van der Waals surface area (Å²) in [6, 6.07) is 1.89. The molecule has 0 aromatic carbocycles. The van der Waals surface area contributed by atoms with Crippen molar-refractivity contribution in [1.82, 2.24) is 9.97 Å². The summed E-state index contributed by atoms with van der Waals surface area (Å²) in [5.74, 6) is 0.163. The molecule has 1 fully saturated rings. The third-order valence-corrected chi connectivity index (χ3v) is 4.08. The Morgan fingerprint density at radius 3 is 2.65 bits per heavy atom. The van der Waals surface area contributed by atoms with Gasteiger partial charge in [0, 0.05) is 0 Å². The van der Waals surface area contributed by atoms with Crippen LogP contribution in [0.15, 0.2) is 12.4 Å². The standard InChI is InChI=1S/C14H18N4O2/c1-2-10-3-5-14(6-4-10,13(19)20)18-12-9-16-11(7-15)8-17-12/h8-10H,2-6H2,1H3,(H,17,18)(H,19,20). The zero-order valence-electron chi connectivity index (χ0n) is 11.5. The van der Waals surface area contributed by atoms with Crippen LogP contribution in [-0.4, -0.2) is 26.6 Å². The molecule has 0 aliphatic heterocycles. The van der Waals surface area contributed by atoms with Gasteiger partial charge in [-0.2, -0.15) is 5.26 Å². The Balaban J connectivity index is 2.13. The molecule has 0 radical (unpaired) electrons.